The predicted molar refractivity (Wildman–Crippen MR) is 56.4 cm³/mol. The van der Waals surface area contributed by atoms with Crippen LogP contribution >= 0.6 is 0 Å². The molecule has 0 aliphatic heterocycles. The van der Waals surface area contributed by atoms with Crippen LogP contribution in [0.15, 0.2) is 12.3 Å². The second-order valence-corrected chi connectivity index (χ2v) is 3.14. The molecule has 0 amide bonds. The lowest BCUT2D eigenvalue weighted by Gasteiger charge is -2.30. The minimum absolute atomic E-state index is 0.0555. The Morgan fingerprint density at radius 2 is 2.21 bits per heavy atom. The van der Waals surface area contributed by atoms with Gasteiger partial charge in [0.25, 0.3) is 0 Å². The number of nitrogens with one attached hydrogen (secondary N) is 1. The van der Waals surface area contributed by atoms with Gasteiger partial charge < -0.3 is 9.75 Å². The van der Waals surface area contributed by atoms with Crippen molar-refractivity contribution in [2.45, 2.75) is 32.7 Å². The first-order valence-corrected chi connectivity index (χ1v) is 4.78. The van der Waals surface area contributed by atoms with E-state index in [1.807, 2.05) is 25.9 Å². The molecule has 0 bridgehead atoms. The zero-order valence-corrected chi connectivity index (χ0v) is 9.46. The molecule has 1 N–H and O–H groups in total. The van der Waals surface area contributed by atoms with Gasteiger partial charge in [-0.05, 0) is 13.3 Å². The second-order valence-electron chi connectivity index (χ2n) is 3.14. The van der Waals surface area contributed by atoms with E-state index >= 15 is 0 Å². The summed E-state index contributed by atoms with van der Waals surface area (Å²) in [6.07, 6.45) is 1.21. The summed E-state index contributed by atoms with van der Waals surface area (Å²) in [5.74, 6) is -0.207. The van der Waals surface area contributed by atoms with Crippen molar-refractivity contribution in [2.75, 3.05) is 14.2 Å². The number of hydrogen-bond acceptors (Lipinski definition) is 4. The summed E-state index contributed by atoms with van der Waals surface area (Å²) in [6, 6.07) is 0.0555. The number of nitrogens with zero attached hydrogens (tertiary/aromatic N) is 1. The molecule has 0 aliphatic carbocycles. The number of carbonyl (C=O) groups is 1. The first-order chi connectivity index (χ1) is 6.56. The van der Waals surface area contributed by atoms with Crippen molar-refractivity contribution in [2.24, 2.45) is 0 Å². The van der Waals surface area contributed by atoms with Crippen LogP contribution in [0.2, 0.25) is 0 Å². The summed E-state index contributed by atoms with van der Waals surface area (Å²) >= 11 is 0. The molecule has 4 heteroatoms. The summed E-state index contributed by atoms with van der Waals surface area (Å²) in [4.78, 5) is 11.0. The highest BCUT2D eigenvalue weighted by atomic mass is 16.5. The van der Waals surface area contributed by atoms with E-state index in [2.05, 4.69) is 16.7 Å². The van der Waals surface area contributed by atoms with E-state index in [0.29, 0.717) is 6.42 Å². The normalized spacial score (nSPS) is 12.0. The van der Waals surface area contributed by atoms with E-state index in [1.54, 1.807) is 0 Å². The van der Waals surface area contributed by atoms with Gasteiger partial charge in [-0.15, -0.1) is 0 Å². The summed E-state index contributed by atoms with van der Waals surface area (Å²) in [5, 5.41) is 1.89. The Morgan fingerprint density at radius 1 is 1.64 bits per heavy atom. The molecule has 0 aromatic carbocycles. The van der Waals surface area contributed by atoms with Crippen molar-refractivity contribution in [3.8, 4) is 0 Å². The van der Waals surface area contributed by atoms with Gasteiger partial charge >= 0.3 is 5.97 Å². The molecule has 0 heterocycles. The number of ether oxygens (including phenoxy) is 1. The second kappa shape index (κ2) is 6.43. The van der Waals surface area contributed by atoms with Crippen LogP contribution in [0, 0.1) is 0 Å². The average Bonchev–Trinajstić information content (AvgIpc) is 2.18. The molecule has 0 saturated heterocycles. The van der Waals surface area contributed by atoms with Gasteiger partial charge in [0.2, 0.25) is 0 Å². The fourth-order valence-corrected chi connectivity index (χ4v) is 1.28. The molecular formula is C10H20N2O2. The molecule has 0 aromatic heterocycles. The van der Waals surface area contributed by atoms with E-state index in [0.717, 1.165) is 12.1 Å². The monoisotopic (exact) mass is 200 g/mol. The molecule has 0 aliphatic rings. The quantitative estimate of drug-likeness (QED) is 0.518. The molecule has 1 atom stereocenters. The first kappa shape index (κ1) is 13.0. The molecule has 0 aromatic rings. The van der Waals surface area contributed by atoms with Gasteiger partial charge in [-0.3, -0.25) is 4.79 Å². The van der Waals surface area contributed by atoms with Crippen LogP contribution in [-0.2, 0) is 9.53 Å². The fraction of sp³-hybridized carbons (Fsp3) is 0.700. The number of hydrazine groups is 1. The van der Waals surface area contributed by atoms with Crippen LogP contribution in [0.3, 0.4) is 0 Å². The Morgan fingerprint density at radius 3 is 2.57 bits per heavy atom. The Kier molecular flexibility index (Phi) is 5.95. The Labute approximate surface area is 85.9 Å². The maximum absolute atomic E-state index is 11.0. The lowest BCUT2D eigenvalue weighted by molar-refractivity contribution is -0.141. The van der Waals surface area contributed by atoms with E-state index in [9.17, 15) is 4.79 Å². The highest BCUT2D eigenvalue weighted by molar-refractivity contribution is 5.69. The Hall–Kier alpha value is -1.03. The number of esters is 1. The van der Waals surface area contributed by atoms with Gasteiger partial charge in [-0.1, -0.05) is 13.5 Å². The third kappa shape index (κ3) is 3.79. The number of rotatable bonds is 6. The zero-order chi connectivity index (χ0) is 11.1. The molecule has 0 saturated carbocycles. The van der Waals surface area contributed by atoms with Crippen molar-refractivity contribution in [1.82, 2.24) is 10.4 Å². The van der Waals surface area contributed by atoms with E-state index < -0.39 is 0 Å². The minimum Gasteiger partial charge on any atom is -0.469 e. The van der Waals surface area contributed by atoms with Gasteiger partial charge in [0.1, 0.15) is 0 Å². The van der Waals surface area contributed by atoms with Gasteiger partial charge in [0.15, 0.2) is 0 Å². The largest absolute Gasteiger partial charge is 0.469 e. The van der Waals surface area contributed by atoms with Crippen LogP contribution in [0.25, 0.3) is 0 Å². The number of hydrogen-bond donors (Lipinski definition) is 1. The highest BCUT2D eigenvalue weighted by Gasteiger charge is 2.16. The average molecular weight is 200 g/mol. The van der Waals surface area contributed by atoms with E-state index in [4.69, 9.17) is 0 Å². The molecule has 0 radical (unpaired) electrons. The van der Waals surface area contributed by atoms with E-state index in [1.165, 1.54) is 7.11 Å². The molecule has 14 heavy (non-hydrogen) atoms. The third-order valence-corrected chi connectivity index (χ3v) is 2.12. The standard InChI is InChI=1S/C10H20N2O2/c1-6-8(2)12(11-4)9(3)7-10(13)14-5/h9,11H,2,6-7H2,1,3-5H3. The maximum atomic E-state index is 11.0. The molecule has 1 unspecified atom stereocenters. The van der Waals surface area contributed by atoms with Gasteiger partial charge in [0.05, 0.1) is 19.6 Å². The Bertz CT molecular complexity index is 204. The number of methoxy groups -OCH3 is 1. The smallest absolute Gasteiger partial charge is 0.307 e. The first-order valence-electron chi connectivity index (χ1n) is 4.78. The van der Waals surface area contributed by atoms with Crippen molar-refractivity contribution >= 4 is 5.97 Å². The lowest BCUT2D eigenvalue weighted by atomic mass is 10.2. The summed E-state index contributed by atoms with van der Waals surface area (Å²) in [5.41, 5.74) is 3.97. The van der Waals surface area contributed by atoms with Crippen LogP contribution in [0.1, 0.15) is 26.7 Å². The van der Waals surface area contributed by atoms with Gasteiger partial charge in [-0.25, -0.2) is 5.43 Å². The predicted octanol–water partition coefficient (Wildman–Crippen LogP) is 1.30. The van der Waals surface area contributed by atoms with Gasteiger partial charge in [0, 0.05) is 12.7 Å². The molecule has 0 spiro atoms. The van der Waals surface area contributed by atoms with Gasteiger partial charge in [-0.2, -0.15) is 0 Å². The molecule has 82 valence electrons. The van der Waals surface area contributed by atoms with Crippen molar-refractivity contribution < 1.29 is 9.53 Å². The minimum atomic E-state index is -0.207. The topological polar surface area (TPSA) is 41.6 Å². The van der Waals surface area contributed by atoms with Crippen LogP contribution in [0.4, 0.5) is 0 Å². The highest BCUT2D eigenvalue weighted by Crippen LogP contribution is 2.10. The van der Waals surface area contributed by atoms with Crippen LogP contribution in [-0.4, -0.2) is 31.2 Å². The van der Waals surface area contributed by atoms with Crippen LogP contribution in [0.5, 0.6) is 0 Å². The van der Waals surface area contributed by atoms with Crippen LogP contribution < -0.4 is 5.43 Å². The summed E-state index contributed by atoms with van der Waals surface area (Å²) < 4.78 is 4.61. The number of allylic oxidation sites excluding steroid dienone is 1. The van der Waals surface area contributed by atoms with Crippen molar-refractivity contribution in [1.29, 1.82) is 0 Å². The lowest BCUT2D eigenvalue weighted by Crippen LogP contribution is -2.42. The maximum Gasteiger partial charge on any atom is 0.307 e. The van der Waals surface area contributed by atoms with E-state index in [-0.39, 0.29) is 12.0 Å². The summed E-state index contributed by atoms with van der Waals surface area (Å²) in [7, 11) is 3.21. The van der Waals surface area contributed by atoms with Crippen molar-refractivity contribution in [3.63, 3.8) is 0 Å². The molecular weight excluding hydrogens is 180 g/mol. The van der Waals surface area contributed by atoms with Crippen molar-refractivity contribution in [3.05, 3.63) is 12.3 Å². The Balaban J connectivity index is 4.23. The molecule has 4 nitrogen and oxygen atoms in total. The zero-order valence-electron chi connectivity index (χ0n) is 9.46. The molecule has 0 rings (SSSR count). The fourth-order valence-electron chi connectivity index (χ4n) is 1.28. The molecule has 0 fully saturated rings. The third-order valence-electron chi connectivity index (χ3n) is 2.12. The number of carbonyl (C=O) groups excluding carboxylic acids is 1. The SMILES string of the molecule is C=C(CC)N(NC)C(C)CC(=O)OC. The summed E-state index contributed by atoms with van der Waals surface area (Å²) in [6.45, 7) is 7.89.